The van der Waals surface area contributed by atoms with E-state index < -0.39 is 0 Å². The van der Waals surface area contributed by atoms with Crippen molar-refractivity contribution in [1.82, 2.24) is 20.2 Å². The fourth-order valence-electron chi connectivity index (χ4n) is 5.19. The zero-order valence-corrected chi connectivity index (χ0v) is 16.2. The van der Waals surface area contributed by atoms with Crippen LogP contribution in [-0.2, 0) is 10.4 Å². The van der Waals surface area contributed by atoms with Crippen molar-refractivity contribution in [2.45, 2.75) is 44.4 Å². The molecule has 0 bridgehead atoms. The van der Waals surface area contributed by atoms with E-state index in [0.29, 0.717) is 0 Å². The predicted octanol–water partition coefficient (Wildman–Crippen LogP) is 2.26. The first-order valence-corrected chi connectivity index (χ1v) is 10.5. The Balaban J connectivity index is 1.81. The van der Waals surface area contributed by atoms with Crippen LogP contribution < -0.4 is 5.32 Å². The van der Waals surface area contributed by atoms with Gasteiger partial charge < -0.3 is 10.1 Å². The van der Waals surface area contributed by atoms with Gasteiger partial charge in [0, 0.05) is 45.8 Å². The van der Waals surface area contributed by atoms with Gasteiger partial charge in [-0.3, -0.25) is 4.90 Å². The Morgan fingerprint density at radius 2 is 1.73 bits per heavy atom. The molecule has 5 nitrogen and oxygen atoms in total. The van der Waals surface area contributed by atoms with Gasteiger partial charge in [-0.15, -0.1) is 0 Å². The van der Waals surface area contributed by atoms with Crippen molar-refractivity contribution in [3.8, 4) is 0 Å². The summed E-state index contributed by atoms with van der Waals surface area (Å²) in [6.07, 6.45) is 5.17. The topological polar surface area (TPSA) is 31.0 Å². The lowest BCUT2D eigenvalue weighted by Crippen LogP contribution is -2.73. The monoisotopic (exact) mass is 358 g/mol. The molecule has 5 heteroatoms. The molecule has 2 atom stereocenters. The second-order valence-corrected chi connectivity index (χ2v) is 7.73. The zero-order chi connectivity index (χ0) is 17.8. The summed E-state index contributed by atoms with van der Waals surface area (Å²) in [7, 11) is 0. The molecule has 1 N–H and O–H groups in total. The Hall–Kier alpha value is -0.980. The third-order valence-corrected chi connectivity index (χ3v) is 6.31. The van der Waals surface area contributed by atoms with E-state index in [1.165, 1.54) is 24.8 Å². The Bertz CT molecular complexity index is 556. The standard InChI is InChI=1S/C21H34N4O/c1-2-20-21(19-9-5-3-6-10-19,23-13-7-4-8-14-23)25(17-18-26-20)24-15-11-22-12-16-24/h3,5-6,9-10,20,22H,2,4,7-8,11-18H2,1H3. The Morgan fingerprint density at radius 3 is 2.42 bits per heavy atom. The number of piperidine rings is 1. The van der Waals surface area contributed by atoms with Crippen molar-refractivity contribution in [3.63, 3.8) is 0 Å². The highest BCUT2D eigenvalue weighted by molar-refractivity contribution is 5.27. The van der Waals surface area contributed by atoms with Gasteiger partial charge in [0.15, 0.2) is 0 Å². The maximum Gasteiger partial charge on any atom is 0.140 e. The highest BCUT2D eigenvalue weighted by Crippen LogP contribution is 2.43. The van der Waals surface area contributed by atoms with E-state index in [9.17, 15) is 0 Å². The van der Waals surface area contributed by atoms with Crippen LogP contribution in [0.15, 0.2) is 30.3 Å². The first-order valence-electron chi connectivity index (χ1n) is 10.5. The minimum Gasteiger partial charge on any atom is -0.373 e. The van der Waals surface area contributed by atoms with Gasteiger partial charge in [-0.25, -0.2) is 10.0 Å². The highest BCUT2D eigenvalue weighted by atomic mass is 16.5. The third-order valence-electron chi connectivity index (χ3n) is 6.31. The summed E-state index contributed by atoms with van der Waals surface area (Å²) in [5.74, 6) is 0. The predicted molar refractivity (Wildman–Crippen MR) is 105 cm³/mol. The van der Waals surface area contributed by atoms with Crippen molar-refractivity contribution in [2.75, 3.05) is 52.4 Å². The van der Waals surface area contributed by atoms with Crippen LogP contribution in [0, 0.1) is 0 Å². The minimum absolute atomic E-state index is 0.175. The molecule has 1 aromatic carbocycles. The van der Waals surface area contributed by atoms with E-state index in [4.69, 9.17) is 4.74 Å². The SMILES string of the molecule is CCC1OCCN(N2CCNCC2)C1(c1ccccc1)N1CCCCC1. The average Bonchev–Trinajstić information content (AvgIpc) is 2.75. The fraction of sp³-hybridized carbons (Fsp3) is 0.714. The van der Waals surface area contributed by atoms with Gasteiger partial charge in [0.05, 0.1) is 12.7 Å². The number of benzene rings is 1. The molecule has 144 valence electrons. The fourth-order valence-corrected chi connectivity index (χ4v) is 5.19. The van der Waals surface area contributed by atoms with Gasteiger partial charge in [-0.1, -0.05) is 43.7 Å². The number of rotatable bonds is 4. The normalized spacial score (nSPS) is 32.6. The molecule has 0 aliphatic carbocycles. The van der Waals surface area contributed by atoms with Crippen LogP contribution in [0.5, 0.6) is 0 Å². The third kappa shape index (κ3) is 3.20. The number of ether oxygens (including phenoxy) is 1. The van der Waals surface area contributed by atoms with Gasteiger partial charge >= 0.3 is 0 Å². The smallest absolute Gasteiger partial charge is 0.140 e. The molecular formula is C21H34N4O. The molecule has 4 rings (SSSR count). The average molecular weight is 359 g/mol. The summed E-state index contributed by atoms with van der Waals surface area (Å²) in [5.41, 5.74) is 1.22. The summed E-state index contributed by atoms with van der Waals surface area (Å²) >= 11 is 0. The second-order valence-electron chi connectivity index (χ2n) is 7.73. The number of hydrogen-bond acceptors (Lipinski definition) is 5. The molecule has 0 amide bonds. The van der Waals surface area contributed by atoms with E-state index in [2.05, 4.69) is 57.5 Å². The molecule has 3 aliphatic heterocycles. The molecule has 0 spiro atoms. The van der Waals surface area contributed by atoms with Gasteiger partial charge in [0.2, 0.25) is 0 Å². The van der Waals surface area contributed by atoms with E-state index in [-0.39, 0.29) is 11.8 Å². The van der Waals surface area contributed by atoms with Crippen molar-refractivity contribution in [3.05, 3.63) is 35.9 Å². The van der Waals surface area contributed by atoms with Gasteiger partial charge in [0.1, 0.15) is 5.66 Å². The zero-order valence-electron chi connectivity index (χ0n) is 16.2. The minimum atomic E-state index is -0.175. The van der Waals surface area contributed by atoms with Crippen molar-refractivity contribution >= 4 is 0 Å². The largest absolute Gasteiger partial charge is 0.373 e. The molecule has 0 saturated carbocycles. The summed E-state index contributed by atoms with van der Waals surface area (Å²) in [5, 5.41) is 8.80. The molecule has 2 unspecified atom stereocenters. The summed E-state index contributed by atoms with van der Waals surface area (Å²) in [4.78, 5) is 2.74. The molecule has 3 aliphatic rings. The van der Waals surface area contributed by atoms with E-state index in [1.807, 2.05) is 0 Å². The quantitative estimate of drug-likeness (QED) is 0.892. The van der Waals surface area contributed by atoms with Gasteiger partial charge in [-0.05, 0) is 24.8 Å². The number of nitrogens with zero attached hydrogens (tertiary/aromatic N) is 3. The highest BCUT2D eigenvalue weighted by Gasteiger charge is 2.54. The lowest BCUT2D eigenvalue weighted by molar-refractivity contribution is -0.278. The lowest BCUT2D eigenvalue weighted by atomic mass is 9.86. The number of hydrazine groups is 1. The van der Waals surface area contributed by atoms with Crippen molar-refractivity contribution in [2.24, 2.45) is 0 Å². The summed E-state index contributed by atoms with van der Waals surface area (Å²) in [6, 6.07) is 11.2. The number of nitrogens with one attached hydrogen (secondary N) is 1. The Labute approximate surface area is 158 Å². The molecule has 26 heavy (non-hydrogen) atoms. The molecule has 3 heterocycles. The molecule has 0 radical (unpaired) electrons. The first-order chi connectivity index (χ1) is 12.9. The Morgan fingerprint density at radius 1 is 1.00 bits per heavy atom. The van der Waals surface area contributed by atoms with Crippen LogP contribution in [-0.4, -0.2) is 73.4 Å². The Kier molecular flexibility index (Phi) is 5.91. The maximum atomic E-state index is 6.45. The number of hydrogen-bond donors (Lipinski definition) is 1. The summed E-state index contributed by atoms with van der Waals surface area (Å²) < 4.78 is 6.45. The second kappa shape index (κ2) is 8.36. The molecule has 3 fully saturated rings. The number of morpholine rings is 1. The number of piperazine rings is 1. The van der Waals surface area contributed by atoms with Crippen molar-refractivity contribution in [1.29, 1.82) is 0 Å². The summed E-state index contributed by atoms with van der Waals surface area (Å²) in [6.45, 7) is 10.7. The first kappa shape index (κ1) is 18.4. The molecule has 0 aromatic heterocycles. The maximum absolute atomic E-state index is 6.45. The molecule has 1 aromatic rings. The van der Waals surface area contributed by atoms with Crippen molar-refractivity contribution < 1.29 is 4.74 Å². The van der Waals surface area contributed by atoms with E-state index >= 15 is 0 Å². The van der Waals surface area contributed by atoms with Gasteiger partial charge in [0.25, 0.3) is 0 Å². The van der Waals surface area contributed by atoms with Crippen LogP contribution >= 0.6 is 0 Å². The van der Waals surface area contributed by atoms with E-state index in [0.717, 1.165) is 58.8 Å². The molecule has 3 saturated heterocycles. The van der Waals surface area contributed by atoms with Crippen LogP contribution in [0.3, 0.4) is 0 Å². The van der Waals surface area contributed by atoms with Gasteiger partial charge in [-0.2, -0.15) is 0 Å². The van der Waals surface area contributed by atoms with Crippen LogP contribution in [0.1, 0.15) is 38.2 Å². The number of likely N-dealkylation sites (tertiary alicyclic amines) is 1. The van der Waals surface area contributed by atoms with Crippen LogP contribution in [0.4, 0.5) is 0 Å². The molecular weight excluding hydrogens is 324 g/mol. The van der Waals surface area contributed by atoms with Crippen LogP contribution in [0.25, 0.3) is 0 Å². The van der Waals surface area contributed by atoms with E-state index in [1.54, 1.807) is 0 Å². The van der Waals surface area contributed by atoms with Crippen LogP contribution in [0.2, 0.25) is 0 Å². The lowest BCUT2D eigenvalue weighted by Gasteiger charge is -2.60.